The molecule has 0 saturated heterocycles. The predicted octanol–water partition coefficient (Wildman–Crippen LogP) is 3.40. The second kappa shape index (κ2) is 7.39. The average molecular weight is 430 g/mol. The fourth-order valence-corrected chi connectivity index (χ4v) is 3.15. The van der Waals surface area contributed by atoms with E-state index in [1.807, 2.05) is 56.5 Å². The smallest absolute Gasteiger partial charge is 0.241 e. The van der Waals surface area contributed by atoms with E-state index in [-0.39, 0.29) is 11.9 Å². The van der Waals surface area contributed by atoms with Crippen LogP contribution in [0, 0.1) is 0 Å². The number of amides is 1. The largest absolute Gasteiger partial charge is 0.324 e. The summed E-state index contributed by atoms with van der Waals surface area (Å²) in [6.07, 6.45) is 3.76. The lowest BCUT2D eigenvalue weighted by Gasteiger charge is -2.23. The molecule has 0 unspecified atom stereocenters. The zero-order valence-corrected chi connectivity index (χ0v) is 15.8. The molecule has 0 aliphatic heterocycles. The van der Waals surface area contributed by atoms with Crippen LogP contribution in [0.15, 0.2) is 39.5 Å². The van der Waals surface area contributed by atoms with Crippen molar-refractivity contribution in [3.8, 4) is 0 Å². The summed E-state index contributed by atoms with van der Waals surface area (Å²) < 4.78 is 3.56. The van der Waals surface area contributed by atoms with Crippen molar-refractivity contribution in [2.45, 2.75) is 19.5 Å². The van der Waals surface area contributed by atoms with Crippen LogP contribution < -0.4 is 5.32 Å². The summed E-state index contributed by atoms with van der Waals surface area (Å²) >= 11 is 6.84. The summed E-state index contributed by atoms with van der Waals surface area (Å²) in [5.41, 5.74) is 1.84. The average Bonchev–Trinajstić information content (AvgIpc) is 2.86. The molecular weight excluding hydrogens is 412 g/mol. The first-order valence-electron chi connectivity index (χ1n) is 6.80. The molecule has 1 amide bonds. The SMILES string of the molecule is C[C@@H](C(=O)Nc1ccc(Br)cc1Br)N(C)Cc1cnn(C)c1. The molecule has 118 valence electrons. The number of halogens is 2. The van der Waals surface area contributed by atoms with Crippen molar-refractivity contribution in [1.29, 1.82) is 0 Å². The Kier molecular flexibility index (Phi) is 5.77. The van der Waals surface area contributed by atoms with E-state index in [2.05, 4.69) is 42.3 Å². The van der Waals surface area contributed by atoms with Crippen LogP contribution in [0.1, 0.15) is 12.5 Å². The lowest BCUT2D eigenvalue weighted by molar-refractivity contribution is -0.120. The summed E-state index contributed by atoms with van der Waals surface area (Å²) in [5.74, 6) is -0.0468. The van der Waals surface area contributed by atoms with Crippen LogP contribution >= 0.6 is 31.9 Å². The Morgan fingerprint density at radius 3 is 2.77 bits per heavy atom. The quantitative estimate of drug-likeness (QED) is 0.792. The summed E-state index contributed by atoms with van der Waals surface area (Å²) in [6.45, 7) is 2.56. The van der Waals surface area contributed by atoms with Crippen molar-refractivity contribution < 1.29 is 4.79 Å². The summed E-state index contributed by atoms with van der Waals surface area (Å²) in [4.78, 5) is 14.4. The highest BCUT2D eigenvalue weighted by Gasteiger charge is 2.19. The first-order valence-corrected chi connectivity index (χ1v) is 8.39. The Morgan fingerprint density at radius 1 is 1.45 bits per heavy atom. The maximum absolute atomic E-state index is 12.4. The highest BCUT2D eigenvalue weighted by Crippen LogP contribution is 2.26. The molecule has 2 aromatic rings. The fourth-order valence-electron chi connectivity index (χ4n) is 2.01. The Bertz CT molecular complexity index is 671. The van der Waals surface area contributed by atoms with Gasteiger partial charge in [-0.25, -0.2) is 0 Å². The van der Waals surface area contributed by atoms with Crippen molar-refractivity contribution in [2.75, 3.05) is 12.4 Å². The lowest BCUT2D eigenvalue weighted by Crippen LogP contribution is -2.39. The maximum Gasteiger partial charge on any atom is 0.241 e. The van der Waals surface area contributed by atoms with Crippen molar-refractivity contribution in [1.82, 2.24) is 14.7 Å². The van der Waals surface area contributed by atoms with Crippen LogP contribution in [0.4, 0.5) is 5.69 Å². The molecule has 2 rings (SSSR count). The minimum absolute atomic E-state index is 0.0468. The van der Waals surface area contributed by atoms with E-state index >= 15 is 0 Å². The number of nitrogens with one attached hydrogen (secondary N) is 1. The Balaban J connectivity index is 1.98. The number of hydrogen-bond acceptors (Lipinski definition) is 3. The Morgan fingerprint density at radius 2 is 2.18 bits per heavy atom. The highest BCUT2D eigenvalue weighted by molar-refractivity contribution is 9.11. The van der Waals surface area contributed by atoms with Gasteiger partial charge in [0.15, 0.2) is 0 Å². The summed E-state index contributed by atoms with van der Waals surface area (Å²) in [5, 5.41) is 7.08. The van der Waals surface area contributed by atoms with Gasteiger partial charge in [-0.05, 0) is 48.1 Å². The van der Waals surface area contributed by atoms with Gasteiger partial charge >= 0.3 is 0 Å². The number of rotatable bonds is 5. The van der Waals surface area contributed by atoms with Gasteiger partial charge in [0, 0.05) is 34.3 Å². The van der Waals surface area contributed by atoms with E-state index in [9.17, 15) is 4.79 Å². The number of likely N-dealkylation sites (N-methyl/N-ethyl adjacent to an activating group) is 1. The summed E-state index contributed by atoms with van der Waals surface area (Å²) in [6, 6.07) is 5.40. The molecule has 0 saturated carbocycles. The van der Waals surface area contributed by atoms with Gasteiger partial charge in [-0.2, -0.15) is 5.10 Å². The Hall–Kier alpha value is -1.18. The molecule has 5 nitrogen and oxygen atoms in total. The third-order valence-corrected chi connectivity index (χ3v) is 4.57. The first kappa shape index (κ1) is 17.2. The number of benzene rings is 1. The number of aromatic nitrogens is 2. The molecule has 1 atom stereocenters. The fraction of sp³-hybridized carbons (Fsp3) is 0.333. The monoisotopic (exact) mass is 428 g/mol. The first-order chi connectivity index (χ1) is 10.4. The summed E-state index contributed by atoms with van der Waals surface area (Å²) in [7, 11) is 3.80. The molecule has 1 aromatic heterocycles. The zero-order chi connectivity index (χ0) is 16.3. The van der Waals surface area contributed by atoms with Gasteiger partial charge in [0.1, 0.15) is 0 Å². The number of anilines is 1. The maximum atomic E-state index is 12.4. The van der Waals surface area contributed by atoms with E-state index in [4.69, 9.17) is 0 Å². The van der Waals surface area contributed by atoms with E-state index < -0.39 is 0 Å². The highest BCUT2D eigenvalue weighted by atomic mass is 79.9. The lowest BCUT2D eigenvalue weighted by atomic mass is 10.2. The number of hydrogen-bond donors (Lipinski definition) is 1. The van der Waals surface area contributed by atoms with E-state index in [0.717, 1.165) is 20.2 Å². The van der Waals surface area contributed by atoms with Crippen LogP contribution in [0.2, 0.25) is 0 Å². The molecule has 1 aromatic carbocycles. The minimum atomic E-state index is -0.254. The van der Waals surface area contributed by atoms with E-state index in [1.165, 1.54) is 0 Å². The minimum Gasteiger partial charge on any atom is -0.324 e. The van der Waals surface area contributed by atoms with Gasteiger partial charge in [0.2, 0.25) is 5.91 Å². The molecule has 1 N–H and O–H groups in total. The van der Waals surface area contributed by atoms with E-state index in [1.54, 1.807) is 4.68 Å². The third-order valence-electron chi connectivity index (χ3n) is 3.42. The molecule has 22 heavy (non-hydrogen) atoms. The van der Waals surface area contributed by atoms with Gasteiger partial charge in [0.25, 0.3) is 0 Å². The van der Waals surface area contributed by atoms with Crippen molar-refractivity contribution in [3.05, 3.63) is 45.1 Å². The molecule has 0 radical (unpaired) electrons. The molecule has 0 aliphatic rings. The molecular formula is C15H18Br2N4O. The molecule has 0 aliphatic carbocycles. The number of carbonyl (C=O) groups is 1. The number of carbonyl (C=O) groups excluding carboxylic acids is 1. The molecule has 1 heterocycles. The standard InChI is InChI=1S/C15H18Br2N4O/c1-10(20(2)8-11-7-18-21(3)9-11)15(22)19-14-5-4-12(16)6-13(14)17/h4-7,9-10H,8H2,1-3H3,(H,19,22)/t10-/m0/s1. The van der Waals surface area contributed by atoms with Gasteiger partial charge in [-0.3, -0.25) is 14.4 Å². The van der Waals surface area contributed by atoms with Gasteiger partial charge in [-0.1, -0.05) is 15.9 Å². The number of aryl methyl sites for hydroxylation is 1. The number of nitrogens with zero attached hydrogens (tertiary/aromatic N) is 3. The molecule has 0 spiro atoms. The van der Waals surface area contributed by atoms with Crippen LogP contribution in [-0.4, -0.2) is 33.7 Å². The van der Waals surface area contributed by atoms with Crippen LogP contribution in [0.3, 0.4) is 0 Å². The normalized spacial score (nSPS) is 12.5. The van der Waals surface area contributed by atoms with Gasteiger partial charge in [-0.15, -0.1) is 0 Å². The molecule has 0 bridgehead atoms. The van der Waals surface area contributed by atoms with Crippen molar-refractivity contribution >= 4 is 43.5 Å². The molecule has 7 heteroatoms. The van der Waals surface area contributed by atoms with Crippen LogP contribution in [0.5, 0.6) is 0 Å². The topological polar surface area (TPSA) is 50.2 Å². The molecule has 0 fully saturated rings. The van der Waals surface area contributed by atoms with Crippen LogP contribution in [-0.2, 0) is 18.4 Å². The Labute approximate surface area is 146 Å². The van der Waals surface area contributed by atoms with Crippen LogP contribution in [0.25, 0.3) is 0 Å². The van der Waals surface area contributed by atoms with E-state index in [0.29, 0.717) is 6.54 Å². The second-order valence-corrected chi connectivity index (χ2v) is 7.00. The van der Waals surface area contributed by atoms with Crippen molar-refractivity contribution in [2.24, 2.45) is 7.05 Å². The third kappa shape index (κ3) is 4.41. The predicted molar refractivity (Wildman–Crippen MR) is 94.6 cm³/mol. The van der Waals surface area contributed by atoms with Gasteiger partial charge in [0.05, 0.1) is 17.9 Å². The second-order valence-electron chi connectivity index (χ2n) is 5.23. The zero-order valence-electron chi connectivity index (χ0n) is 12.7. The van der Waals surface area contributed by atoms with Crippen molar-refractivity contribution in [3.63, 3.8) is 0 Å². The van der Waals surface area contributed by atoms with Gasteiger partial charge < -0.3 is 5.32 Å².